The molecule has 0 spiro atoms. The van der Waals surface area contributed by atoms with Gasteiger partial charge in [0.2, 0.25) is 0 Å². The zero-order chi connectivity index (χ0) is 15.6. The topological polar surface area (TPSA) is 46.3 Å². The van der Waals surface area contributed by atoms with Crippen LogP contribution >= 0.6 is 0 Å². The van der Waals surface area contributed by atoms with Crippen molar-refractivity contribution < 1.29 is 9.52 Å². The van der Waals surface area contributed by atoms with Crippen LogP contribution in [-0.4, -0.2) is 10.1 Å². The maximum atomic E-state index is 9.19. The molecule has 1 N–H and O–H groups in total. The first-order valence-corrected chi connectivity index (χ1v) is 7.50. The molecule has 0 atom stereocenters. The van der Waals surface area contributed by atoms with Crippen molar-refractivity contribution in [3.05, 3.63) is 78.6 Å². The van der Waals surface area contributed by atoms with Crippen LogP contribution in [0.15, 0.2) is 77.2 Å². The lowest BCUT2D eigenvalue weighted by atomic mass is 10.00. The molecule has 0 unspecified atom stereocenters. The number of hydrogen-bond acceptors (Lipinski definition) is 3. The average Bonchev–Trinajstić information content (AvgIpc) is 3.11. The Morgan fingerprint density at radius 1 is 0.870 bits per heavy atom. The van der Waals surface area contributed by atoms with Crippen molar-refractivity contribution in [2.75, 3.05) is 0 Å². The van der Waals surface area contributed by atoms with Crippen LogP contribution in [0.3, 0.4) is 0 Å². The molecule has 4 rings (SSSR count). The third kappa shape index (κ3) is 2.51. The number of hydrogen-bond donors (Lipinski definition) is 1. The van der Waals surface area contributed by atoms with E-state index in [2.05, 4.69) is 18.2 Å². The van der Waals surface area contributed by atoms with Gasteiger partial charge in [0.15, 0.2) is 5.76 Å². The molecular formula is C20H15NO2. The first kappa shape index (κ1) is 13.7. The number of fused-ring (bicyclic) bond motifs is 1. The summed E-state index contributed by atoms with van der Waals surface area (Å²) in [5, 5.41) is 10.3. The van der Waals surface area contributed by atoms with Crippen molar-refractivity contribution in [2.24, 2.45) is 0 Å². The summed E-state index contributed by atoms with van der Waals surface area (Å²) in [4.78, 5) is 4.70. The Kier molecular flexibility index (Phi) is 3.41. The molecule has 0 radical (unpaired) electrons. The van der Waals surface area contributed by atoms with Gasteiger partial charge in [-0.05, 0) is 35.4 Å². The van der Waals surface area contributed by atoms with Crippen LogP contribution in [0.1, 0.15) is 5.76 Å². The van der Waals surface area contributed by atoms with Crippen molar-refractivity contribution in [3.8, 4) is 22.6 Å². The summed E-state index contributed by atoms with van der Waals surface area (Å²) >= 11 is 0. The van der Waals surface area contributed by atoms with Gasteiger partial charge in [0, 0.05) is 5.39 Å². The second-order valence-corrected chi connectivity index (χ2v) is 5.36. The van der Waals surface area contributed by atoms with Crippen LogP contribution in [0.4, 0.5) is 0 Å². The summed E-state index contributed by atoms with van der Waals surface area (Å²) in [6.45, 7) is -0.112. The second-order valence-electron chi connectivity index (χ2n) is 5.36. The number of aliphatic hydroxyl groups excluding tert-OH is 1. The number of aliphatic hydroxyl groups is 1. The molecule has 112 valence electrons. The first-order chi connectivity index (χ1) is 11.3. The Morgan fingerprint density at radius 3 is 2.43 bits per heavy atom. The van der Waals surface area contributed by atoms with Crippen LogP contribution in [0.5, 0.6) is 0 Å². The number of pyridine rings is 1. The number of rotatable bonds is 3. The van der Waals surface area contributed by atoms with Gasteiger partial charge in [-0.1, -0.05) is 48.5 Å². The highest BCUT2D eigenvalue weighted by atomic mass is 16.4. The van der Waals surface area contributed by atoms with Crippen molar-refractivity contribution >= 4 is 10.9 Å². The lowest BCUT2D eigenvalue weighted by Crippen LogP contribution is -1.88. The minimum atomic E-state index is -0.112. The predicted molar refractivity (Wildman–Crippen MR) is 90.8 cm³/mol. The molecule has 0 aliphatic carbocycles. The van der Waals surface area contributed by atoms with E-state index in [0.29, 0.717) is 11.5 Å². The zero-order valence-electron chi connectivity index (χ0n) is 12.4. The summed E-state index contributed by atoms with van der Waals surface area (Å²) < 4.78 is 5.65. The van der Waals surface area contributed by atoms with Crippen LogP contribution < -0.4 is 0 Å². The standard InChI is InChI=1S/C20H15NO2/c22-13-15-10-11-20(23-15)19-12-17(14-6-2-1-3-7-14)16-8-4-5-9-18(16)21-19/h1-12,22H,13H2. The Hall–Kier alpha value is -2.91. The molecule has 2 aromatic carbocycles. The van der Waals surface area contributed by atoms with Crippen molar-refractivity contribution in [1.29, 1.82) is 0 Å². The normalized spacial score (nSPS) is 11.0. The molecule has 3 heteroatoms. The Balaban J connectivity index is 1.97. The van der Waals surface area contributed by atoms with Crippen LogP contribution in [-0.2, 0) is 6.61 Å². The van der Waals surface area contributed by atoms with E-state index in [9.17, 15) is 5.11 Å². The largest absolute Gasteiger partial charge is 0.457 e. The molecule has 3 nitrogen and oxygen atoms in total. The highest BCUT2D eigenvalue weighted by molar-refractivity contribution is 5.96. The Labute approximate surface area is 133 Å². The molecule has 0 fully saturated rings. The first-order valence-electron chi connectivity index (χ1n) is 7.50. The second kappa shape index (κ2) is 5.71. The van der Waals surface area contributed by atoms with Crippen molar-refractivity contribution in [2.45, 2.75) is 6.61 Å². The summed E-state index contributed by atoms with van der Waals surface area (Å²) in [6, 6.07) is 24.0. The van der Waals surface area contributed by atoms with Gasteiger partial charge in [-0.2, -0.15) is 0 Å². The molecule has 0 saturated carbocycles. The Bertz CT molecular complexity index is 958. The van der Waals surface area contributed by atoms with E-state index in [1.807, 2.05) is 48.5 Å². The van der Waals surface area contributed by atoms with E-state index in [1.54, 1.807) is 6.07 Å². The highest BCUT2D eigenvalue weighted by Crippen LogP contribution is 2.32. The third-order valence-electron chi connectivity index (χ3n) is 3.87. The number of benzene rings is 2. The van der Waals surface area contributed by atoms with Gasteiger partial charge in [-0.25, -0.2) is 4.98 Å². The van der Waals surface area contributed by atoms with E-state index >= 15 is 0 Å². The van der Waals surface area contributed by atoms with Crippen molar-refractivity contribution in [1.82, 2.24) is 4.98 Å². The van der Waals surface area contributed by atoms with E-state index in [0.717, 1.165) is 27.7 Å². The van der Waals surface area contributed by atoms with E-state index in [4.69, 9.17) is 9.40 Å². The molecule has 0 aliphatic rings. The molecule has 0 bridgehead atoms. The Morgan fingerprint density at radius 2 is 1.65 bits per heavy atom. The number of nitrogens with zero attached hydrogens (tertiary/aromatic N) is 1. The molecule has 23 heavy (non-hydrogen) atoms. The SMILES string of the molecule is OCc1ccc(-c2cc(-c3ccccc3)c3ccccc3n2)o1. The fourth-order valence-corrected chi connectivity index (χ4v) is 2.76. The summed E-state index contributed by atoms with van der Waals surface area (Å²) in [5.74, 6) is 1.20. The number of furan rings is 1. The lowest BCUT2D eigenvalue weighted by molar-refractivity contribution is 0.248. The molecule has 2 heterocycles. The van der Waals surface area contributed by atoms with Crippen LogP contribution in [0.25, 0.3) is 33.5 Å². The van der Waals surface area contributed by atoms with Gasteiger partial charge in [-0.15, -0.1) is 0 Å². The van der Waals surface area contributed by atoms with Gasteiger partial charge in [0.05, 0.1) is 5.52 Å². The summed E-state index contributed by atoms with van der Waals surface area (Å²) in [6.07, 6.45) is 0. The monoisotopic (exact) mass is 301 g/mol. The molecular weight excluding hydrogens is 286 g/mol. The fourth-order valence-electron chi connectivity index (χ4n) is 2.76. The van der Waals surface area contributed by atoms with Crippen LogP contribution in [0.2, 0.25) is 0 Å². The van der Waals surface area contributed by atoms with E-state index < -0.39 is 0 Å². The minimum absolute atomic E-state index is 0.112. The van der Waals surface area contributed by atoms with E-state index in [-0.39, 0.29) is 6.61 Å². The average molecular weight is 301 g/mol. The van der Waals surface area contributed by atoms with Gasteiger partial charge in [-0.3, -0.25) is 0 Å². The van der Waals surface area contributed by atoms with Gasteiger partial charge in [0.25, 0.3) is 0 Å². The highest BCUT2D eigenvalue weighted by Gasteiger charge is 2.11. The number of aromatic nitrogens is 1. The fraction of sp³-hybridized carbons (Fsp3) is 0.0500. The van der Waals surface area contributed by atoms with Crippen molar-refractivity contribution in [3.63, 3.8) is 0 Å². The van der Waals surface area contributed by atoms with Gasteiger partial charge < -0.3 is 9.52 Å². The van der Waals surface area contributed by atoms with E-state index in [1.165, 1.54) is 0 Å². The smallest absolute Gasteiger partial charge is 0.152 e. The summed E-state index contributed by atoms with van der Waals surface area (Å²) in [7, 11) is 0. The molecule has 0 aliphatic heterocycles. The molecule has 2 aromatic heterocycles. The maximum Gasteiger partial charge on any atom is 0.152 e. The zero-order valence-corrected chi connectivity index (χ0v) is 12.4. The maximum absolute atomic E-state index is 9.19. The quantitative estimate of drug-likeness (QED) is 0.599. The molecule has 0 saturated heterocycles. The van der Waals surface area contributed by atoms with Gasteiger partial charge in [0.1, 0.15) is 18.1 Å². The minimum Gasteiger partial charge on any atom is -0.457 e. The lowest BCUT2D eigenvalue weighted by Gasteiger charge is -2.09. The van der Waals surface area contributed by atoms with Crippen LogP contribution in [0, 0.1) is 0 Å². The third-order valence-corrected chi connectivity index (χ3v) is 3.87. The molecule has 4 aromatic rings. The molecule has 0 amide bonds. The van der Waals surface area contributed by atoms with Gasteiger partial charge >= 0.3 is 0 Å². The number of para-hydroxylation sites is 1. The summed E-state index contributed by atoms with van der Waals surface area (Å²) in [5.41, 5.74) is 3.95. The predicted octanol–water partition coefficient (Wildman–Crippen LogP) is 4.65.